The number of rotatable bonds is 4. The molecule has 1 aromatic rings. The van der Waals surface area contributed by atoms with Crippen molar-refractivity contribution in [2.75, 3.05) is 7.05 Å². The van der Waals surface area contributed by atoms with Crippen molar-refractivity contribution in [2.24, 2.45) is 10.9 Å². The zero-order valence-corrected chi connectivity index (χ0v) is 14.2. The van der Waals surface area contributed by atoms with E-state index in [-0.39, 0.29) is 24.0 Å². The van der Waals surface area contributed by atoms with E-state index in [0.29, 0.717) is 6.04 Å². The van der Waals surface area contributed by atoms with Crippen LogP contribution in [0.3, 0.4) is 0 Å². The third kappa shape index (κ3) is 4.38. The molecule has 2 N–H and O–H groups in total. The van der Waals surface area contributed by atoms with Gasteiger partial charge in [0.05, 0.1) is 6.54 Å². The van der Waals surface area contributed by atoms with Crippen LogP contribution in [0.5, 0.6) is 0 Å². The van der Waals surface area contributed by atoms with Gasteiger partial charge in [-0.15, -0.1) is 35.3 Å². The molecule has 0 aliphatic heterocycles. The minimum atomic E-state index is 0. The lowest BCUT2D eigenvalue weighted by molar-refractivity contribution is 0.762. The molecular formula is C12H21IN4S. The number of thiazole rings is 1. The van der Waals surface area contributed by atoms with Crippen LogP contribution in [0.25, 0.3) is 0 Å². The van der Waals surface area contributed by atoms with Crippen LogP contribution in [0, 0.1) is 5.92 Å². The molecule has 4 nitrogen and oxygen atoms in total. The molecular weight excluding hydrogens is 359 g/mol. The second-order valence-corrected chi connectivity index (χ2v) is 5.66. The summed E-state index contributed by atoms with van der Waals surface area (Å²) in [6.07, 6.45) is 4.27. The zero-order valence-electron chi connectivity index (χ0n) is 11.1. The van der Waals surface area contributed by atoms with E-state index >= 15 is 0 Å². The first kappa shape index (κ1) is 15.7. The molecule has 1 saturated carbocycles. The number of nitrogens with one attached hydrogen (secondary N) is 2. The average Bonchev–Trinajstić information content (AvgIpc) is 2.85. The molecule has 2 atom stereocenters. The summed E-state index contributed by atoms with van der Waals surface area (Å²) >= 11 is 1.76. The highest BCUT2D eigenvalue weighted by molar-refractivity contribution is 14.0. The predicted octanol–water partition coefficient (Wildman–Crippen LogP) is 2.40. The van der Waals surface area contributed by atoms with Crippen molar-refractivity contribution >= 4 is 41.3 Å². The Balaban J connectivity index is 0.00000162. The Morgan fingerprint density at radius 3 is 2.83 bits per heavy atom. The molecule has 18 heavy (non-hydrogen) atoms. The third-order valence-electron chi connectivity index (χ3n) is 3.01. The number of aromatic nitrogens is 1. The number of hydrogen-bond donors (Lipinski definition) is 2. The Kier molecular flexibility index (Phi) is 6.34. The highest BCUT2D eigenvalue weighted by Crippen LogP contribution is 2.28. The molecule has 1 fully saturated rings. The Morgan fingerprint density at radius 2 is 2.33 bits per heavy atom. The van der Waals surface area contributed by atoms with E-state index in [4.69, 9.17) is 0 Å². The molecule has 102 valence electrons. The van der Waals surface area contributed by atoms with Crippen molar-refractivity contribution in [2.45, 2.75) is 39.3 Å². The Labute approximate surface area is 130 Å². The molecule has 1 aromatic heterocycles. The summed E-state index contributed by atoms with van der Waals surface area (Å²) in [6.45, 7) is 5.16. The van der Waals surface area contributed by atoms with Crippen LogP contribution in [0.2, 0.25) is 0 Å². The number of aliphatic imine (C=N–C) groups is 1. The van der Waals surface area contributed by atoms with Crippen molar-refractivity contribution < 1.29 is 0 Å². The molecule has 6 heteroatoms. The molecule has 2 rings (SSSR count). The lowest BCUT2D eigenvalue weighted by Gasteiger charge is -2.09. The standard InChI is InChI=1S/C12H20N4S.HI/c1-4-9-6-14-11(17-9)7-15-12(13-3)16-10-5-8(10)2;/h6,8,10H,4-5,7H2,1-3H3,(H2,13,15,16);1H. The third-order valence-corrected chi connectivity index (χ3v) is 4.15. The molecule has 2 unspecified atom stereocenters. The van der Waals surface area contributed by atoms with Gasteiger partial charge in [-0.2, -0.15) is 0 Å². The van der Waals surface area contributed by atoms with Gasteiger partial charge in [0.1, 0.15) is 5.01 Å². The summed E-state index contributed by atoms with van der Waals surface area (Å²) in [5.41, 5.74) is 0. The average molecular weight is 380 g/mol. The van der Waals surface area contributed by atoms with Crippen LogP contribution < -0.4 is 10.6 Å². The van der Waals surface area contributed by atoms with Crippen molar-refractivity contribution in [1.82, 2.24) is 15.6 Å². The van der Waals surface area contributed by atoms with Gasteiger partial charge in [0.2, 0.25) is 0 Å². The molecule has 0 aromatic carbocycles. The Morgan fingerprint density at radius 1 is 1.61 bits per heavy atom. The largest absolute Gasteiger partial charge is 0.353 e. The fourth-order valence-corrected chi connectivity index (χ4v) is 2.45. The number of guanidine groups is 1. The van der Waals surface area contributed by atoms with Crippen LogP contribution in [0.4, 0.5) is 0 Å². The maximum Gasteiger partial charge on any atom is 0.191 e. The normalized spacial score (nSPS) is 22.3. The van der Waals surface area contributed by atoms with E-state index in [1.807, 2.05) is 13.2 Å². The van der Waals surface area contributed by atoms with Gasteiger partial charge in [-0.25, -0.2) is 4.98 Å². The van der Waals surface area contributed by atoms with Gasteiger partial charge in [-0.3, -0.25) is 4.99 Å². The second-order valence-electron chi connectivity index (χ2n) is 4.46. The van der Waals surface area contributed by atoms with Crippen molar-refractivity contribution in [3.63, 3.8) is 0 Å². The first-order chi connectivity index (χ1) is 8.22. The summed E-state index contributed by atoms with van der Waals surface area (Å²) in [7, 11) is 1.81. The SMILES string of the molecule is CCc1cnc(CNC(=NC)NC2CC2C)s1.I. The van der Waals surface area contributed by atoms with Crippen LogP contribution in [-0.2, 0) is 13.0 Å². The zero-order chi connectivity index (χ0) is 12.3. The fourth-order valence-electron chi connectivity index (χ4n) is 1.65. The Hall–Kier alpha value is -0.370. The maximum atomic E-state index is 4.38. The van der Waals surface area contributed by atoms with Crippen LogP contribution in [0.1, 0.15) is 30.2 Å². The predicted molar refractivity (Wildman–Crippen MR) is 87.8 cm³/mol. The maximum absolute atomic E-state index is 4.38. The van der Waals surface area contributed by atoms with E-state index < -0.39 is 0 Å². The summed E-state index contributed by atoms with van der Waals surface area (Å²) in [6, 6.07) is 0.601. The smallest absolute Gasteiger partial charge is 0.191 e. The summed E-state index contributed by atoms with van der Waals surface area (Å²) < 4.78 is 0. The molecule has 0 saturated heterocycles. The molecule has 0 amide bonds. The fraction of sp³-hybridized carbons (Fsp3) is 0.667. The first-order valence-electron chi connectivity index (χ1n) is 6.13. The lowest BCUT2D eigenvalue weighted by atomic mass is 10.4. The van der Waals surface area contributed by atoms with Crippen molar-refractivity contribution in [3.8, 4) is 0 Å². The minimum absolute atomic E-state index is 0. The molecule has 1 aliphatic carbocycles. The lowest BCUT2D eigenvalue weighted by Crippen LogP contribution is -2.38. The topological polar surface area (TPSA) is 49.3 Å². The number of nitrogens with zero attached hydrogens (tertiary/aromatic N) is 2. The van der Waals surface area contributed by atoms with E-state index in [0.717, 1.165) is 29.9 Å². The monoisotopic (exact) mass is 380 g/mol. The Bertz CT molecular complexity index is 405. The minimum Gasteiger partial charge on any atom is -0.353 e. The number of halogens is 1. The van der Waals surface area contributed by atoms with Crippen molar-refractivity contribution in [1.29, 1.82) is 0 Å². The van der Waals surface area contributed by atoms with Crippen LogP contribution in [0.15, 0.2) is 11.2 Å². The van der Waals surface area contributed by atoms with Gasteiger partial charge in [-0.1, -0.05) is 13.8 Å². The van der Waals surface area contributed by atoms with E-state index in [1.54, 1.807) is 11.3 Å². The highest BCUT2D eigenvalue weighted by Gasteiger charge is 2.33. The molecule has 1 heterocycles. The molecule has 0 bridgehead atoms. The number of aryl methyl sites for hydroxylation is 1. The van der Waals surface area contributed by atoms with E-state index in [2.05, 4.69) is 34.5 Å². The molecule has 0 spiro atoms. The first-order valence-corrected chi connectivity index (χ1v) is 6.95. The van der Waals surface area contributed by atoms with Gasteiger partial charge in [-0.05, 0) is 18.8 Å². The summed E-state index contributed by atoms with van der Waals surface area (Å²) in [4.78, 5) is 9.93. The van der Waals surface area contributed by atoms with Gasteiger partial charge in [0.25, 0.3) is 0 Å². The summed E-state index contributed by atoms with van der Waals surface area (Å²) in [5.74, 6) is 1.66. The van der Waals surface area contributed by atoms with E-state index in [9.17, 15) is 0 Å². The van der Waals surface area contributed by atoms with E-state index in [1.165, 1.54) is 11.3 Å². The van der Waals surface area contributed by atoms with Gasteiger partial charge >= 0.3 is 0 Å². The van der Waals surface area contributed by atoms with Gasteiger partial charge in [0.15, 0.2) is 5.96 Å². The van der Waals surface area contributed by atoms with Crippen molar-refractivity contribution in [3.05, 3.63) is 16.1 Å². The van der Waals surface area contributed by atoms with Gasteiger partial charge in [0, 0.05) is 24.2 Å². The quantitative estimate of drug-likeness (QED) is 0.479. The number of hydrogen-bond acceptors (Lipinski definition) is 3. The summed E-state index contributed by atoms with van der Waals surface area (Å²) in [5, 5.41) is 7.82. The highest BCUT2D eigenvalue weighted by atomic mass is 127. The molecule has 0 radical (unpaired) electrons. The second kappa shape index (κ2) is 7.28. The van der Waals surface area contributed by atoms with Crippen LogP contribution >= 0.6 is 35.3 Å². The van der Waals surface area contributed by atoms with Crippen LogP contribution in [-0.4, -0.2) is 24.0 Å². The molecule has 1 aliphatic rings. The van der Waals surface area contributed by atoms with Gasteiger partial charge < -0.3 is 10.6 Å².